The van der Waals surface area contributed by atoms with E-state index in [0.717, 1.165) is 25.9 Å². The molecule has 1 fully saturated rings. The fourth-order valence-electron chi connectivity index (χ4n) is 2.69. The van der Waals surface area contributed by atoms with Crippen molar-refractivity contribution in [2.24, 2.45) is 0 Å². The van der Waals surface area contributed by atoms with Gasteiger partial charge in [-0.25, -0.2) is 9.48 Å². The van der Waals surface area contributed by atoms with Crippen molar-refractivity contribution in [3.63, 3.8) is 0 Å². The van der Waals surface area contributed by atoms with E-state index in [-0.39, 0.29) is 17.5 Å². The maximum atomic E-state index is 12.1. The highest BCUT2D eigenvalue weighted by Crippen LogP contribution is 2.29. The summed E-state index contributed by atoms with van der Waals surface area (Å²) in [4.78, 5) is 25.0. The van der Waals surface area contributed by atoms with Crippen LogP contribution in [0.3, 0.4) is 0 Å². The number of likely N-dealkylation sites (N-methyl/N-ethyl adjacent to an activating group) is 1. The van der Waals surface area contributed by atoms with Crippen molar-refractivity contribution in [3.05, 3.63) is 11.4 Å². The number of amides is 1. The largest absolute Gasteiger partial charge is 0.476 e. The van der Waals surface area contributed by atoms with E-state index >= 15 is 0 Å². The monoisotopic (exact) mass is 295 g/mol. The Hall–Kier alpha value is -1.96. The highest BCUT2D eigenvalue weighted by Gasteiger charge is 2.31. The highest BCUT2D eigenvalue weighted by molar-refractivity contribution is 5.87. The fourth-order valence-corrected chi connectivity index (χ4v) is 2.69. The molecule has 2 N–H and O–H groups in total. The van der Waals surface area contributed by atoms with Gasteiger partial charge >= 0.3 is 5.97 Å². The van der Waals surface area contributed by atoms with Gasteiger partial charge in [-0.05, 0) is 32.9 Å². The van der Waals surface area contributed by atoms with E-state index in [1.165, 1.54) is 9.58 Å². The third-order valence-electron chi connectivity index (χ3n) is 3.82. The van der Waals surface area contributed by atoms with E-state index in [2.05, 4.69) is 15.6 Å². The average molecular weight is 295 g/mol. The Balaban J connectivity index is 2.41. The third kappa shape index (κ3) is 3.05. The SMILES string of the molecule is CC(C(=O)N(C)C)n1nnc(C(=O)O)c1C1CCNCC1. The van der Waals surface area contributed by atoms with Gasteiger partial charge in [-0.15, -0.1) is 5.10 Å². The normalized spacial score (nSPS) is 17.5. The van der Waals surface area contributed by atoms with Gasteiger partial charge in [0.05, 0.1) is 5.69 Å². The molecule has 1 saturated heterocycles. The molecular weight excluding hydrogens is 274 g/mol. The average Bonchev–Trinajstić information content (AvgIpc) is 2.91. The topological polar surface area (TPSA) is 100 Å². The Bertz CT molecular complexity index is 534. The molecule has 1 atom stereocenters. The Labute approximate surface area is 123 Å². The molecule has 1 aliphatic heterocycles. The highest BCUT2D eigenvalue weighted by atomic mass is 16.4. The van der Waals surface area contributed by atoms with Crippen LogP contribution < -0.4 is 5.32 Å². The van der Waals surface area contributed by atoms with Crippen molar-refractivity contribution in [1.82, 2.24) is 25.2 Å². The molecule has 1 unspecified atom stereocenters. The quantitative estimate of drug-likeness (QED) is 0.816. The summed E-state index contributed by atoms with van der Waals surface area (Å²) in [6.45, 7) is 3.36. The molecule has 8 nitrogen and oxygen atoms in total. The van der Waals surface area contributed by atoms with Crippen molar-refractivity contribution in [2.45, 2.75) is 31.7 Å². The number of carbonyl (C=O) groups is 2. The second kappa shape index (κ2) is 6.21. The zero-order valence-electron chi connectivity index (χ0n) is 12.5. The molecule has 1 aromatic heterocycles. The van der Waals surface area contributed by atoms with Gasteiger partial charge in [-0.3, -0.25) is 4.79 Å². The molecule has 8 heteroatoms. The first kappa shape index (κ1) is 15.4. The molecule has 2 rings (SSSR count). The summed E-state index contributed by atoms with van der Waals surface area (Å²) in [6, 6.07) is -0.564. The molecular formula is C13H21N5O3. The molecule has 0 radical (unpaired) electrons. The number of rotatable bonds is 4. The Morgan fingerprint density at radius 1 is 1.38 bits per heavy atom. The van der Waals surface area contributed by atoms with Crippen molar-refractivity contribution in [3.8, 4) is 0 Å². The van der Waals surface area contributed by atoms with E-state index < -0.39 is 12.0 Å². The van der Waals surface area contributed by atoms with Crippen LogP contribution in [0.4, 0.5) is 0 Å². The molecule has 21 heavy (non-hydrogen) atoms. The van der Waals surface area contributed by atoms with Crippen LogP contribution in [-0.2, 0) is 4.79 Å². The second-order valence-corrected chi connectivity index (χ2v) is 5.51. The van der Waals surface area contributed by atoms with Crippen LogP contribution >= 0.6 is 0 Å². The summed E-state index contributed by atoms with van der Waals surface area (Å²) < 4.78 is 1.47. The van der Waals surface area contributed by atoms with Gasteiger partial charge in [0.25, 0.3) is 0 Å². The van der Waals surface area contributed by atoms with Gasteiger partial charge in [0, 0.05) is 20.0 Å². The molecule has 0 saturated carbocycles. The summed E-state index contributed by atoms with van der Waals surface area (Å²) >= 11 is 0. The number of nitrogens with one attached hydrogen (secondary N) is 1. The predicted molar refractivity (Wildman–Crippen MR) is 75.2 cm³/mol. The number of nitrogens with zero attached hydrogens (tertiary/aromatic N) is 4. The van der Waals surface area contributed by atoms with Crippen molar-refractivity contribution in [2.75, 3.05) is 27.2 Å². The summed E-state index contributed by atoms with van der Waals surface area (Å²) in [7, 11) is 3.33. The van der Waals surface area contributed by atoms with Gasteiger partial charge in [-0.2, -0.15) is 0 Å². The smallest absolute Gasteiger partial charge is 0.358 e. The fraction of sp³-hybridized carbons (Fsp3) is 0.692. The van der Waals surface area contributed by atoms with Crippen LogP contribution in [0.15, 0.2) is 0 Å². The first-order chi connectivity index (χ1) is 9.93. The minimum atomic E-state index is -1.10. The van der Waals surface area contributed by atoms with Crippen LogP contribution in [0.2, 0.25) is 0 Å². The van der Waals surface area contributed by atoms with Crippen molar-refractivity contribution >= 4 is 11.9 Å². The second-order valence-electron chi connectivity index (χ2n) is 5.51. The Kier molecular flexibility index (Phi) is 4.56. The number of aromatic carboxylic acids is 1. The standard InChI is InChI=1S/C13H21N5O3/c1-8(12(19)17(2)3)18-11(9-4-6-14-7-5-9)10(13(20)21)15-16-18/h8-9,14H,4-7H2,1-3H3,(H,20,21). The molecule has 0 aliphatic carbocycles. The maximum absolute atomic E-state index is 12.1. The number of hydrogen-bond acceptors (Lipinski definition) is 5. The summed E-state index contributed by atoms with van der Waals surface area (Å²) in [6.07, 6.45) is 1.63. The molecule has 1 aliphatic rings. The van der Waals surface area contributed by atoms with Crippen LogP contribution in [0.5, 0.6) is 0 Å². The van der Waals surface area contributed by atoms with Crippen LogP contribution in [0, 0.1) is 0 Å². The van der Waals surface area contributed by atoms with Gasteiger partial charge < -0.3 is 15.3 Å². The third-order valence-corrected chi connectivity index (χ3v) is 3.82. The Morgan fingerprint density at radius 3 is 2.52 bits per heavy atom. The number of hydrogen-bond donors (Lipinski definition) is 2. The molecule has 0 aromatic carbocycles. The zero-order valence-corrected chi connectivity index (χ0v) is 12.5. The van der Waals surface area contributed by atoms with Gasteiger partial charge in [0.2, 0.25) is 5.91 Å². The van der Waals surface area contributed by atoms with E-state index in [1.807, 2.05) is 0 Å². The van der Waals surface area contributed by atoms with Gasteiger partial charge in [0.1, 0.15) is 6.04 Å². The number of carboxylic acids is 1. The van der Waals surface area contributed by atoms with Crippen molar-refractivity contribution in [1.29, 1.82) is 0 Å². The minimum Gasteiger partial charge on any atom is -0.476 e. The number of carbonyl (C=O) groups excluding carboxylic acids is 1. The predicted octanol–water partition coefficient (Wildman–Crippen LogP) is 0.0925. The van der Waals surface area contributed by atoms with E-state index in [0.29, 0.717) is 5.69 Å². The zero-order chi connectivity index (χ0) is 15.6. The molecule has 116 valence electrons. The molecule has 1 amide bonds. The van der Waals surface area contributed by atoms with Crippen LogP contribution in [0.1, 0.15) is 47.9 Å². The number of aromatic nitrogens is 3. The lowest BCUT2D eigenvalue weighted by Crippen LogP contribution is -2.33. The first-order valence-electron chi connectivity index (χ1n) is 7.03. The first-order valence-corrected chi connectivity index (χ1v) is 7.03. The lowest BCUT2D eigenvalue weighted by Gasteiger charge is -2.25. The van der Waals surface area contributed by atoms with E-state index in [9.17, 15) is 14.7 Å². The molecule has 1 aromatic rings. The van der Waals surface area contributed by atoms with E-state index in [1.54, 1.807) is 21.0 Å². The Morgan fingerprint density at radius 2 is 2.00 bits per heavy atom. The van der Waals surface area contributed by atoms with Gasteiger partial charge in [0.15, 0.2) is 5.69 Å². The summed E-state index contributed by atoms with van der Waals surface area (Å²) in [5.74, 6) is -1.17. The lowest BCUT2D eigenvalue weighted by atomic mass is 9.92. The lowest BCUT2D eigenvalue weighted by molar-refractivity contribution is -0.132. The van der Waals surface area contributed by atoms with Gasteiger partial charge in [-0.1, -0.05) is 5.21 Å². The summed E-state index contributed by atoms with van der Waals surface area (Å²) in [5, 5.41) is 20.3. The number of carboxylic acid groups (broad SMARTS) is 1. The molecule has 2 heterocycles. The van der Waals surface area contributed by atoms with Crippen LogP contribution in [-0.4, -0.2) is 64.1 Å². The molecule has 0 spiro atoms. The molecule has 0 bridgehead atoms. The maximum Gasteiger partial charge on any atom is 0.358 e. The summed E-state index contributed by atoms with van der Waals surface area (Å²) in [5.41, 5.74) is 0.520. The van der Waals surface area contributed by atoms with E-state index in [4.69, 9.17) is 0 Å². The van der Waals surface area contributed by atoms with Crippen molar-refractivity contribution < 1.29 is 14.7 Å². The van der Waals surface area contributed by atoms with Crippen LogP contribution in [0.25, 0.3) is 0 Å². The minimum absolute atomic E-state index is 0.0414. The number of piperidine rings is 1.